The van der Waals surface area contributed by atoms with Crippen molar-refractivity contribution in [2.24, 2.45) is 5.73 Å². The van der Waals surface area contributed by atoms with Gasteiger partial charge >= 0.3 is 6.03 Å². The molecule has 0 unspecified atom stereocenters. The van der Waals surface area contributed by atoms with Gasteiger partial charge in [-0.3, -0.25) is 0 Å². The Morgan fingerprint density at radius 1 is 1.37 bits per heavy atom. The first-order valence-electron chi connectivity index (χ1n) is 6.45. The van der Waals surface area contributed by atoms with Gasteiger partial charge in [0.05, 0.1) is 12.7 Å². The van der Waals surface area contributed by atoms with Crippen molar-refractivity contribution in [2.75, 3.05) is 25.5 Å². The summed E-state index contributed by atoms with van der Waals surface area (Å²) in [5.74, 6) is 0. The molecule has 0 aliphatic rings. The highest BCUT2D eigenvalue weighted by atomic mass is 16.5. The zero-order valence-electron chi connectivity index (χ0n) is 11.8. The molecule has 19 heavy (non-hydrogen) atoms. The van der Waals surface area contributed by atoms with Gasteiger partial charge < -0.3 is 20.7 Å². The highest BCUT2D eigenvalue weighted by Crippen LogP contribution is 2.09. The summed E-state index contributed by atoms with van der Waals surface area (Å²) in [6, 6.07) is 7.35. The van der Waals surface area contributed by atoms with Crippen molar-refractivity contribution in [3.05, 3.63) is 29.8 Å². The van der Waals surface area contributed by atoms with Gasteiger partial charge in [-0.25, -0.2) is 4.79 Å². The number of rotatable bonds is 6. The van der Waals surface area contributed by atoms with Crippen LogP contribution in [0.2, 0.25) is 0 Å². The summed E-state index contributed by atoms with van der Waals surface area (Å²) < 4.78 is 5.41. The van der Waals surface area contributed by atoms with E-state index in [0.29, 0.717) is 19.7 Å². The maximum absolute atomic E-state index is 11.9. The van der Waals surface area contributed by atoms with Crippen molar-refractivity contribution < 1.29 is 9.53 Å². The third-order valence-corrected chi connectivity index (χ3v) is 2.67. The van der Waals surface area contributed by atoms with Gasteiger partial charge in [-0.05, 0) is 31.5 Å². The fourth-order valence-electron chi connectivity index (χ4n) is 1.47. The van der Waals surface area contributed by atoms with Crippen LogP contribution in [0.1, 0.15) is 19.4 Å². The zero-order valence-corrected chi connectivity index (χ0v) is 11.8. The lowest BCUT2D eigenvalue weighted by molar-refractivity contribution is 0.0691. The highest BCUT2D eigenvalue weighted by molar-refractivity contribution is 5.89. The molecule has 1 aromatic carbocycles. The van der Waals surface area contributed by atoms with Gasteiger partial charge in [-0.1, -0.05) is 12.1 Å². The van der Waals surface area contributed by atoms with E-state index in [0.717, 1.165) is 11.3 Å². The molecule has 1 aromatic rings. The molecule has 5 nitrogen and oxygen atoms in total. The topological polar surface area (TPSA) is 67.6 Å². The van der Waals surface area contributed by atoms with Gasteiger partial charge in [0, 0.05) is 25.8 Å². The van der Waals surface area contributed by atoms with Gasteiger partial charge in [0.1, 0.15) is 0 Å². The third kappa shape index (κ3) is 5.72. The van der Waals surface area contributed by atoms with E-state index in [2.05, 4.69) is 5.32 Å². The molecule has 0 saturated carbocycles. The van der Waals surface area contributed by atoms with E-state index in [1.54, 1.807) is 11.9 Å². The van der Waals surface area contributed by atoms with Gasteiger partial charge in [0.15, 0.2) is 0 Å². The number of carbonyl (C=O) groups is 1. The molecule has 106 valence electrons. The number of benzene rings is 1. The average molecular weight is 265 g/mol. The van der Waals surface area contributed by atoms with Crippen molar-refractivity contribution in [3.8, 4) is 0 Å². The summed E-state index contributed by atoms with van der Waals surface area (Å²) >= 11 is 0. The van der Waals surface area contributed by atoms with Gasteiger partial charge in [-0.15, -0.1) is 0 Å². The molecule has 0 saturated heterocycles. The van der Waals surface area contributed by atoms with Crippen LogP contribution in [0.3, 0.4) is 0 Å². The second-order valence-electron chi connectivity index (χ2n) is 4.67. The summed E-state index contributed by atoms with van der Waals surface area (Å²) in [6.07, 6.45) is 0.181. The van der Waals surface area contributed by atoms with Crippen molar-refractivity contribution >= 4 is 11.7 Å². The molecular weight excluding hydrogens is 242 g/mol. The van der Waals surface area contributed by atoms with Gasteiger partial charge in [-0.2, -0.15) is 0 Å². The zero-order chi connectivity index (χ0) is 14.3. The summed E-state index contributed by atoms with van der Waals surface area (Å²) in [5, 5.41) is 2.82. The first kappa shape index (κ1) is 15.5. The van der Waals surface area contributed by atoms with E-state index in [1.807, 2.05) is 38.1 Å². The average Bonchev–Trinajstić information content (AvgIpc) is 2.39. The number of nitrogens with two attached hydrogens (primary N) is 1. The Balaban J connectivity index is 2.40. The van der Waals surface area contributed by atoms with Gasteiger partial charge in [0.2, 0.25) is 0 Å². The monoisotopic (exact) mass is 265 g/mol. The minimum atomic E-state index is -0.146. The number of hydrogen-bond acceptors (Lipinski definition) is 3. The molecule has 0 atom stereocenters. The lowest BCUT2D eigenvalue weighted by atomic mass is 10.2. The van der Waals surface area contributed by atoms with Crippen LogP contribution in [-0.2, 0) is 11.3 Å². The van der Waals surface area contributed by atoms with E-state index < -0.39 is 0 Å². The Bertz CT molecular complexity index is 390. The van der Waals surface area contributed by atoms with Crippen LogP contribution in [0, 0.1) is 0 Å². The Kier molecular flexibility index (Phi) is 6.32. The quantitative estimate of drug-likeness (QED) is 0.827. The third-order valence-electron chi connectivity index (χ3n) is 2.67. The number of anilines is 1. The van der Waals surface area contributed by atoms with E-state index in [1.165, 1.54) is 0 Å². The predicted octanol–water partition coefficient (Wildman–Crippen LogP) is 2.03. The Morgan fingerprint density at radius 2 is 2.00 bits per heavy atom. The number of nitrogens with one attached hydrogen (secondary N) is 1. The molecule has 0 fully saturated rings. The molecule has 2 amide bonds. The van der Waals surface area contributed by atoms with Crippen LogP contribution in [-0.4, -0.2) is 37.2 Å². The number of hydrogen-bond donors (Lipinski definition) is 2. The minimum Gasteiger partial charge on any atom is -0.377 e. The molecule has 5 heteroatoms. The van der Waals surface area contributed by atoms with Crippen molar-refractivity contribution in [3.63, 3.8) is 0 Å². The van der Waals surface area contributed by atoms with E-state index in [4.69, 9.17) is 10.5 Å². The van der Waals surface area contributed by atoms with Gasteiger partial charge in [0.25, 0.3) is 0 Å². The first-order chi connectivity index (χ1) is 9.02. The molecular formula is C14H23N3O2. The molecule has 3 N–H and O–H groups in total. The summed E-state index contributed by atoms with van der Waals surface area (Å²) in [6.45, 7) is 5.54. The fourth-order valence-corrected chi connectivity index (χ4v) is 1.47. The summed E-state index contributed by atoms with van der Waals surface area (Å²) in [4.78, 5) is 13.5. The molecule has 0 spiro atoms. The van der Waals surface area contributed by atoms with E-state index in [-0.39, 0.29) is 12.1 Å². The van der Waals surface area contributed by atoms with Crippen LogP contribution in [0.25, 0.3) is 0 Å². The van der Waals surface area contributed by atoms with Crippen LogP contribution in [0.5, 0.6) is 0 Å². The van der Waals surface area contributed by atoms with E-state index >= 15 is 0 Å². The molecule has 1 rings (SSSR count). The molecule has 0 aliphatic carbocycles. The first-order valence-corrected chi connectivity index (χ1v) is 6.45. The second kappa shape index (κ2) is 7.76. The maximum atomic E-state index is 11.9. The number of nitrogens with zero attached hydrogens (tertiary/aromatic N) is 1. The Morgan fingerprint density at radius 3 is 2.53 bits per heavy atom. The Hall–Kier alpha value is -1.59. The van der Waals surface area contributed by atoms with Crippen molar-refractivity contribution in [2.45, 2.75) is 26.5 Å². The van der Waals surface area contributed by atoms with Crippen LogP contribution in [0.15, 0.2) is 24.3 Å². The fraction of sp³-hybridized carbons (Fsp3) is 0.500. The number of likely N-dealkylation sites (N-methyl/N-ethyl adjacent to an activating group) is 1. The molecule has 0 bridgehead atoms. The Labute approximate surface area is 114 Å². The molecule has 0 heterocycles. The SMILES string of the molecule is CC(C)OCCN(C)C(=O)Nc1ccc(CN)cc1. The van der Waals surface area contributed by atoms with Crippen molar-refractivity contribution in [1.82, 2.24) is 4.90 Å². The lowest BCUT2D eigenvalue weighted by Gasteiger charge is -2.18. The summed E-state index contributed by atoms with van der Waals surface area (Å²) in [5.41, 5.74) is 7.32. The standard InChI is InChI=1S/C14H23N3O2/c1-11(2)19-9-8-17(3)14(18)16-13-6-4-12(10-15)5-7-13/h4-7,11H,8-10,15H2,1-3H3,(H,16,18). The molecule has 0 aromatic heterocycles. The molecule has 0 aliphatic heterocycles. The highest BCUT2D eigenvalue weighted by Gasteiger charge is 2.08. The number of carbonyl (C=O) groups excluding carboxylic acids is 1. The van der Waals surface area contributed by atoms with E-state index in [9.17, 15) is 4.79 Å². The van der Waals surface area contributed by atoms with Crippen LogP contribution < -0.4 is 11.1 Å². The smallest absolute Gasteiger partial charge is 0.321 e. The van der Waals surface area contributed by atoms with Crippen molar-refractivity contribution in [1.29, 1.82) is 0 Å². The number of amides is 2. The van der Waals surface area contributed by atoms with Crippen LogP contribution in [0.4, 0.5) is 10.5 Å². The second-order valence-corrected chi connectivity index (χ2v) is 4.67. The summed E-state index contributed by atoms with van der Waals surface area (Å²) in [7, 11) is 1.74. The largest absolute Gasteiger partial charge is 0.377 e. The molecule has 0 radical (unpaired) electrons. The number of urea groups is 1. The minimum absolute atomic E-state index is 0.146. The maximum Gasteiger partial charge on any atom is 0.321 e. The van der Waals surface area contributed by atoms with Crippen LogP contribution >= 0.6 is 0 Å². The predicted molar refractivity (Wildman–Crippen MR) is 77.1 cm³/mol. The normalized spacial score (nSPS) is 10.6. The lowest BCUT2D eigenvalue weighted by Crippen LogP contribution is -2.34. The number of ether oxygens (including phenoxy) is 1.